The molecule has 0 N–H and O–H groups in total. The molecule has 0 unspecified atom stereocenters. The second-order valence-electron chi connectivity index (χ2n) is 9.65. The van der Waals surface area contributed by atoms with Gasteiger partial charge < -0.3 is 9.09 Å². The number of hydrogen-bond donors (Lipinski definition) is 0. The van der Waals surface area contributed by atoms with Gasteiger partial charge in [-0.2, -0.15) is 18.2 Å². The van der Waals surface area contributed by atoms with Crippen molar-refractivity contribution in [2.24, 2.45) is 7.05 Å². The van der Waals surface area contributed by atoms with Gasteiger partial charge in [-0.15, -0.1) is 0 Å². The molecule has 0 fully saturated rings. The van der Waals surface area contributed by atoms with Gasteiger partial charge in [-0.3, -0.25) is 0 Å². The molecular formula is C30H27F3N4O. The summed E-state index contributed by atoms with van der Waals surface area (Å²) in [6.45, 7) is 4.39. The third kappa shape index (κ3) is 5.54. The predicted molar refractivity (Wildman–Crippen MR) is 140 cm³/mol. The maximum absolute atomic E-state index is 13.0. The topological polar surface area (TPSA) is 56.7 Å². The van der Waals surface area contributed by atoms with Gasteiger partial charge in [-0.05, 0) is 33.7 Å². The number of aryl methyl sites for hydroxylation is 1. The van der Waals surface area contributed by atoms with E-state index in [0.29, 0.717) is 36.0 Å². The maximum atomic E-state index is 13.0. The molecule has 5 nitrogen and oxygen atoms in total. The van der Waals surface area contributed by atoms with Crippen LogP contribution in [-0.4, -0.2) is 19.7 Å². The van der Waals surface area contributed by atoms with Crippen LogP contribution < -0.4 is 0 Å². The van der Waals surface area contributed by atoms with Gasteiger partial charge in [-0.1, -0.05) is 91.8 Å². The lowest BCUT2D eigenvalue weighted by Crippen LogP contribution is -2.04. The van der Waals surface area contributed by atoms with Crippen LogP contribution in [0.5, 0.6) is 0 Å². The highest BCUT2D eigenvalue weighted by molar-refractivity contribution is 5.68. The molecule has 0 bridgehead atoms. The minimum Gasteiger partial charge on any atom is -0.339 e. The fourth-order valence-corrected chi connectivity index (χ4v) is 4.50. The Hall–Kier alpha value is -4.20. The lowest BCUT2D eigenvalue weighted by molar-refractivity contribution is -0.140. The molecule has 0 aliphatic rings. The van der Waals surface area contributed by atoms with Crippen molar-refractivity contribution >= 4 is 0 Å². The van der Waals surface area contributed by atoms with E-state index in [1.807, 2.05) is 12.1 Å². The molecule has 0 saturated heterocycles. The first-order valence-electron chi connectivity index (χ1n) is 12.4. The van der Waals surface area contributed by atoms with Crippen LogP contribution in [0.1, 0.15) is 53.9 Å². The van der Waals surface area contributed by atoms with E-state index in [9.17, 15) is 13.2 Å². The molecule has 8 heteroatoms. The average Bonchev–Trinajstić information content (AvgIpc) is 3.51. The molecule has 5 aromatic rings. The minimum atomic E-state index is -4.48. The number of imidazole rings is 1. The number of halogens is 3. The van der Waals surface area contributed by atoms with Gasteiger partial charge in [0.25, 0.3) is 0 Å². The fourth-order valence-electron chi connectivity index (χ4n) is 4.50. The molecule has 3 aromatic carbocycles. The lowest BCUT2D eigenvalue weighted by Gasteiger charge is -2.13. The molecule has 2 heterocycles. The second-order valence-corrected chi connectivity index (χ2v) is 9.65. The Morgan fingerprint density at radius 2 is 1.45 bits per heavy atom. The van der Waals surface area contributed by atoms with E-state index < -0.39 is 11.9 Å². The molecule has 0 amide bonds. The van der Waals surface area contributed by atoms with Crippen LogP contribution >= 0.6 is 0 Å². The van der Waals surface area contributed by atoms with Crippen LogP contribution in [0.15, 0.2) is 83.5 Å². The molecule has 0 spiro atoms. The summed E-state index contributed by atoms with van der Waals surface area (Å²) >= 11 is 0. The lowest BCUT2D eigenvalue weighted by atomic mass is 9.92. The van der Waals surface area contributed by atoms with Gasteiger partial charge in [0.1, 0.15) is 5.82 Å². The Bertz CT molecular complexity index is 1530. The van der Waals surface area contributed by atoms with Crippen LogP contribution in [0.3, 0.4) is 0 Å². The molecule has 2 aromatic heterocycles. The highest BCUT2D eigenvalue weighted by atomic mass is 19.4. The highest BCUT2D eigenvalue weighted by Crippen LogP contribution is 2.31. The summed E-state index contributed by atoms with van der Waals surface area (Å²) in [5, 5.41) is 4.10. The van der Waals surface area contributed by atoms with Crippen LogP contribution in [0.25, 0.3) is 22.5 Å². The SMILES string of the molecule is CC(C)c1ccccc1-c1ccc(Cc2nc(Cc3ccc(-c4nc(C(F)(F)F)cn4C)cc3)no2)cc1. The van der Waals surface area contributed by atoms with Crippen molar-refractivity contribution < 1.29 is 17.7 Å². The standard InChI is InChI=1S/C30H27F3N4O/c1-19(2)24-6-4-5-7-25(24)22-12-8-21(9-13-22)17-28-35-27(36-38-28)16-20-10-14-23(15-11-20)29-34-26(18-37(29)3)30(31,32)33/h4-15,18-19H,16-17H2,1-3H3. The van der Waals surface area contributed by atoms with E-state index in [1.165, 1.54) is 21.3 Å². The zero-order valence-electron chi connectivity index (χ0n) is 21.3. The van der Waals surface area contributed by atoms with Crippen LogP contribution in [0.2, 0.25) is 0 Å². The van der Waals surface area contributed by atoms with Crippen molar-refractivity contribution in [2.75, 3.05) is 0 Å². The second kappa shape index (κ2) is 10.3. The summed E-state index contributed by atoms with van der Waals surface area (Å²) in [4.78, 5) is 8.27. The molecule has 38 heavy (non-hydrogen) atoms. The molecular weight excluding hydrogens is 489 g/mol. The van der Waals surface area contributed by atoms with E-state index >= 15 is 0 Å². The van der Waals surface area contributed by atoms with Crippen molar-refractivity contribution in [1.29, 1.82) is 0 Å². The summed E-state index contributed by atoms with van der Waals surface area (Å²) in [5.74, 6) is 1.77. The Morgan fingerprint density at radius 3 is 2.08 bits per heavy atom. The summed E-state index contributed by atoms with van der Waals surface area (Å²) in [6.07, 6.45) is -2.52. The Kier molecular flexibility index (Phi) is 6.89. The number of hydrogen-bond acceptors (Lipinski definition) is 4. The first-order valence-corrected chi connectivity index (χ1v) is 12.4. The monoisotopic (exact) mass is 516 g/mol. The normalized spacial score (nSPS) is 11.9. The van der Waals surface area contributed by atoms with Crippen molar-refractivity contribution in [3.63, 3.8) is 0 Å². The summed E-state index contributed by atoms with van der Waals surface area (Å²) in [7, 11) is 1.55. The largest absolute Gasteiger partial charge is 0.434 e. The minimum absolute atomic E-state index is 0.254. The number of rotatable bonds is 7. The summed E-state index contributed by atoms with van der Waals surface area (Å²) in [5.41, 5.74) is 5.41. The Morgan fingerprint density at radius 1 is 0.816 bits per heavy atom. The first kappa shape index (κ1) is 25.4. The van der Waals surface area contributed by atoms with Gasteiger partial charge in [0, 0.05) is 25.2 Å². The van der Waals surface area contributed by atoms with Crippen molar-refractivity contribution in [1.82, 2.24) is 19.7 Å². The Labute approximate surface area is 219 Å². The molecule has 0 aliphatic heterocycles. The summed E-state index contributed by atoms with van der Waals surface area (Å²) in [6, 6.07) is 24.0. The number of benzene rings is 3. The molecule has 0 radical (unpaired) electrons. The maximum Gasteiger partial charge on any atom is 0.434 e. The Balaban J connectivity index is 1.24. The molecule has 0 atom stereocenters. The zero-order valence-corrected chi connectivity index (χ0v) is 21.3. The van der Waals surface area contributed by atoms with Gasteiger partial charge in [0.05, 0.1) is 6.42 Å². The summed E-state index contributed by atoms with van der Waals surface area (Å²) < 4.78 is 45.8. The fraction of sp³-hybridized carbons (Fsp3) is 0.233. The van der Waals surface area contributed by atoms with Crippen molar-refractivity contribution in [3.05, 3.63) is 113 Å². The van der Waals surface area contributed by atoms with E-state index in [4.69, 9.17) is 4.52 Å². The van der Waals surface area contributed by atoms with Gasteiger partial charge in [0.15, 0.2) is 11.5 Å². The quantitative estimate of drug-likeness (QED) is 0.225. The predicted octanol–water partition coefficient (Wildman–Crippen LogP) is 7.46. The van der Waals surface area contributed by atoms with Crippen LogP contribution in [0.4, 0.5) is 13.2 Å². The van der Waals surface area contributed by atoms with E-state index in [1.54, 1.807) is 19.2 Å². The van der Waals surface area contributed by atoms with Crippen LogP contribution in [-0.2, 0) is 26.1 Å². The highest BCUT2D eigenvalue weighted by Gasteiger charge is 2.34. The molecule has 0 aliphatic carbocycles. The molecule has 194 valence electrons. The molecule has 5 rings (SSSR count). The number of aromatic nitrogens is 4. The van der Waals surface area contributed by atoms with Gasteiger partial charge in [0.2, 0.25) is 5.89 Å². The van der Waals surface area contributed by atoms with E-state index in [2.05, 4.69) is 77.5 Å². The van der Waals surface area contributed by atoms with Crippen molar-refractivity contribution in [3.8, 4) is 22.5 Å². The van der Waals surface area contributed by atoms with Crippen molar-refractivity contribution in [2.45, 2.75) is 38.8 Å². The van der Waals surface area contributed by atoms with Crippen LogP contribution in [0, 0.1) is 0 Å². The third-order valence-corrected chi connectivity index (χ3v) is 6.45. The third-order valence-electron chi connectivity index (χ3n) is 6.45. The van der Waals surface area contributed by atoms with Gasteiger partial charge >= 0.3 is 6.18 Å². The number of alkyl halides is 3. The smallest absolute Gasteiger partial charge is 0.339 e. The first-order chi connectivity index (χ1) is 18.2. The van der Waals surface area contributed by atoms with E-state index in [-0.39, 0.29) is 5.82 Å². The van der Waals surface area contributed by atoms with Gasteiger partial charge in [-0.25, -0.2) is 4.98 Å². The zero-order chi connectivity index (χ0) is 26.9. The molecule has 0 saturated carbocycles. The number of nitrogens with zero attached hydrogens (tertiary/aromatic N) is 4. The average molecular weight is 517 g/mol. The van der Waals surface area contributed by atoms with E-state index in [0.717, 1.165) is 17.3 Å².